The molecule has 0 bridgehead atoms. The van der Waals surface area contributed by atoms with Gasteiger partial charge in [0.05, 0.1) is 32.0 Å². The molecule has 0 radical (unpaired) electrons. The minimum absolute atomic E-state index is 0.100. The van der Waals surface area contributed by atoms with E-state index in [2.05, 4.69) is 10.3 Å². The number of halogens is 1. The van der Waals surface area contributed by atoms with Crippen LogP contribution in [0, 0.1) is 0 Å². The van der Waals surface area contributed by atoms with Gasteiger partial charge in [0.1, 0.15) is 17.2 Å². The van der Waals surface area contributed by atoms with Crippen LogP contribution in [0.25, 0.3) is 5.57 Å². The second kappa shape index (κ2) is 9.11. The number of pyridine rings is 1. The monoisotopic (exact) mass is 449 g/mol. The third-order valence-corrected chi connectivity index (χ3v) is 5.28. The maximum absolute atomic E-state index is 13.4. The highest BCUT2D eigenvalue weighted by atomic mass is 35.5. The maximum Gasteiger partial charge on any atom is 0.278 e. The molecule has 32 heavy (non-hydrogen) atoms. The zero-order valence-corrected chi connectivity index (χ0v) is 18.2. The van der Waals surface area contributed by atoms with Crippen molar-refractivity contribution in [2.45, 2.75) is 6.54 Å². The maximum atomic E-state index is 13.4. The molecule has 0 saturated heterocycles. The summed E-state index contributed by atoms with van der Waals surface area (Å²) in [7, 11) is 3.07. The van der Waals surface area contributed by atoms with E-state index in [1.807, 2.05) is 6.07 Å². The average molecular weight is 450 g/mol. The Morgan fingerprint density at radius 3 is 2.44 bits per heavy atom. The first-order chi connectivity index (χ1) is 15.5. The predicted octanol–water partition coefficient (Wildman–Crippen LogP) is 4.14. The molecule has 1 aliphatic rings. The fourth-order valence-corrected chi connectivity index (χ4v) is 3.57. The lowest BCUT2D eigenvalue weighted by atomic mass is 10.0. The van der Waals surface area contributed by atoms with E-state index in [4.69, 9.17) is 21.1 Å². The number of anilines is 1. The Bertz CT molecular complexity index is 1190. The Labute approximate surface area is 190 Å². The Morgan fingerprint density at radius 1 is 1.00 bits per heavy atom. The molecule has 0 unspecified atom stereocenters. The Morgan fingerprint density at radius 2 is 1.78 bits per heavy atom. The van der Waals surface area contributed by atoms with Gasteiger partial charge >= 0.3 is 0 Å². The van der Waals surface area contributed by atoms with Crippen molar-refractivity contribution in [3.05, 3.63) is 88.8 Å². The number of imide groups is 1. The summed E-state index contributed by atoms with van der Waals surface area (Å²) in [6.45, 7) is 0.100. The topological polar surface area (TPSA) is 80.8 Å². The Kier molecular flexibility index (Phi) is 6.09. The summed E-state index contributed by atoms with van der Waals surface area (Å²) in [5, 5.41) is 3.64. The van der Waals surface area contributed by atoms with E-state index in [0.29, 0.717) is 27.8 Å². The van der Waals surface area contributed by atoms with Gasteiger partial charge in [0.2, 0.25) is 0 Å². The average Bonchev–Trinajstić information content (AvgIpc) is 3.04. The van der Waals surface area contributed by atoms with E-state index in [1.165, 1.54) is 12.0 Å². The quantitative estimate of drug-likeness (QED) is 0.546. The van der Waals surface area contributed by atoms with Crippen LogP contribution in [0.15, 0.2) is 72.7 Å². The zero-order chi connectivity index (χ0) is 22.7. The highest BCUT2D eigenvalue weighted by Gasteiger charge is 2.39. The lowest BCUT2D eigenvalue weighted by molar-refractivity contribution is -0.137. The van der Waals surface area contributed by atoms with E-state index < -0.39 is 11.8 Å². The highest BCUT2D eigenvalue weighted by Crippen LogP contribution is 2.36. The van der Waals surface area contributed by atoms with Crippen LogP contribution in [-0.4, -0.2) is 35.9 Å². The smallest absolute Gasteiger partial charge is 0.278 e. The van der Waals surface area contributed by atoms with Gasteiger partial charge in [-0.3, -0.25) is 19.5 Å². The second-order valence-electron chi connectivity index (χ2n) is 7.01. The standard InChI is InChI=1S/C24H20ClN3O4/c1-31-18-9-10-20(32-2)19(12-18)27-22-21(16-5-7-17(25)8-6-16)23(29)28(24(22)30)14-15-4-3-11-26-13-15/h3-13,27H,14H2,1-2H3. The van der Waals surface area contributed by atoms with Crippen LogP contribution in [0.3, 0.4) is 0 Å². The predicted molar refractivity (Wildman–Crippen MR) is 121 cm³/mol. The molecule has 0 saturated carbocycles. The molecule has 0 fully saturated rings. The van der Waals surface area contributed by atoms with Crippen LogP contribution in [0.5, 0.6) is 11.5 Å². The minimum atomic E-state index is -0.450. The number of carbonyl (C=O) groups is 2. The molecule has 1 N–H and O–H groups in total. The molecular formula is C24H20ClN3O4. The summed E-state index contributed by atoms with van der Waals surface area (Å²) in [4.78, 5) is 32.0. The number of benzene rings is 2. The number of carbonyl (C=O) groups excluding carboxylic acids is 2. The summed E-state index contributed by atoms with van der Waals surface area (Å²) < 4.78 is 10.7. The number of methoxy groups -OCH3 is 2. The molecule has 0 atom stereocenters. The van der Waals surface area contributed by atoms with E-state index in [0.717, 1.165) is 5.56 Å². The van der Waals surface area contributed by atoms with E-state index in [1.54, 1.807) is 68.0 Å². The number of nitrogens with zero attached hydrogens (tertiary/aromatic N) is 2. The SMILES string of the molecule is COc1ccc(OC)c(NC2=C(c3ccc(Cl)cc3)C(=O)N(Cc3cccnc3)C2=O)c1. The van der Waals surface area contributed by atoms with Crippen molar-refractivity contribution in [3.8, 4) is 11.5 Å². The van der Waals surface area contributed by atoms with Crippen molar-refractivity contribution >= 4 is 34.7 Å². The number of rotatable bonds is 7. The Balaban J connectivity index is 1.78. The number of hydrogen-bond acceptors (Lipinski definition) is 6. The molecule has 0 aliphatic carbocycles. The second-order valence-corrected chi connectivity index (χ2v) is 7.44. The third-order valence-electron chi connectivity index (χ3n) is 5.03. The molecule has 7 nitrogen and oxygen atoms in total. The first kappa shape index (κ1) is 21.4. The van der Waals surface area contributed by atoms with Crippen LogP contribution >= 0.6 is 11.6 Å². The summed E-state index contributed by atoms with van der Waals surface area (Å²) >= 11 is 6.03. The van der Waals surface area contributed by atoms with E-state index in [-0.39, 0.29) is 17.8 Å². The van der Waals surface area contributed by atoms with Gasteiger partial charge in [0.15, 0.2) is 0 Å². The molecule has 1 aromatic heterocycles. The molecule has 2 aromatic carbocycles. The van der Waals surface area contributed by atoms with Gasteiger partial charge in [-0.25, -0.2) is 0 Å². The minimum Gasteiger partial charge on any atom is -0.497 e. The van der Waals surface area contributed by atoms with Crippen molar-refractivity contribution in [1.29, 1.82) is 0 Å². The van der Waals surface area contributed by atoms with Crippen LogP contribution in [0.1, 0.15) is 11.1 Å². The van der Waals surface area contributed by atoms with Crippen molar-refractivity contribution in [1.82, 2.24) is 9.88 Å². The fourth-order valence-electron chi connectivity index (χ4n) is 3.44. The number of nitrogens with one attached hydrogen (secondary N) is 1. The summed E-state index contributed by atoms with van der Waals surface area (Å²) in [5.41, 5.74) is 2.21. The van der Waals surface area contributed by atoms with E-state index in [9.17, 15) is 9.59 Å². The van der Waals surface area contributed by atoms with Gasteiger partial charge < -0.3 is 14.8 Å². The Hall–Kier alpha value is -3.84. The van der Waals surface area contributed by atoms with Gasteiger partial charge in [-0.2, -0.15) is 0 Å². The van der Waals surface area contributed by atoms with E-state index >= 15 is 0 Å². The van der Waals surface area contributed by atoms with Crippen molar-refractivity contribution in [2.24, 2.45) is 0 Å². The lowest BCUT2D eigenvalue weighted by Crippen LogP contribution is -2.32. The fraction of sp³-hybridized carbons (Fsp3) is 0.125. The number of amides is 2. The molecule has 4 rings (SSSR count). The van der Waals surface area contributed by atoms with Crippen molar-refractivity contribution < 1.29 is 19.1 Å². The number of hydrogen-bond donors (Lipinski definition) is 1. The van der Waals surface area contributed by atoms with Crippen molar-refractivity contribution in [2.75, 3.05) is 19.5 Å². The largest absolute Gasteiger partial charge is 0.497 e. The van der Waals surface area contributed by atoms with Gasteiger partial charge in [-0.15, -0.1) is 0 Å². The summed E-state index contributed by atoms with van der Waals surface area (Å²) in [5.74, 6) is 0.213. The molecule has 2 heterocycles. The van der Waals surface area contributed by atoms with Gasteiger partial charge in [-0.05, 0) is 41.5 Å². The third kappa shape index (κ3) is 4.15. The zero-order valence-electron chi connectivity index (χ0n) is 17.5. The number of ether oxygens (including phenoxy) is 2. The highest BCUT2D eigenvalue weighted by molar-refractivity contribution is 6.36. The van der Waals surface area contributed by atoms with Crippen LogP contribution in [0.2, 0.25) is 5.02 Å². The normalized spacial score (nSPS) is 13.5. The van der Waals surface area contributed by atoms with Gasteiger partial charge in [0.25, 0.3) is 11.8 Å². The first-order valence-corrected chi connectivity index (χ1v) is 10.1. The van der Waals surface area contributed by atoms with Crippen LogP contribution < -0.4 is 14.8 Å². The molecule has 2 amide bonds. The summed E-state index contributed by atoms with van der Waals surface area (Å²) in [6, 6.07) is 15.5. The van der Waals surface area contributed by atoms with Crippen LogP contribution in [-0.2, 0) is 16.1 Å². The molecule has 0 spiro atoms. The molecule has 8 heteroatoms. The lowest BCUT2D eigenvalue weighted by Gasteiger charge is -2.16. The van der Waals surface area contributed by atoms with Crippen molar-refractivity contribution in [3.63, 3.8) is 0 Å². The summed E-state index contributed by atoms with van der Waals surface area (Å²) in [6.07, 6.45) is 3.26. The van der Waals surface area contributed by atoms with Gasteiger partial charge in [0, 0.05) is 23.5 Å². The van der Waals surface area contributed by atoms with Gasteiger partial charge in [-0.1, -0.05) is 29.8 Å². The molecular weight excluding hydrogens is 430 g/mol. The first-order valence-electron chi connectivity index (χ1n) is 9.76. The number of aromatic nitrogens is 1. The molecule has 3 aromatic rings. The molecule has 162 valence electrons. The van der Waals surface area contributed by atoms with Crippen LogP contribution in [0.4, 0.5) is 5.69 Å². The molecule has 1 aliphatic heterocycles.